The van der Waals surface area contributed by atoms with E-state index >= 15 is 0 Å². The molecule has 4 rings (SSSR count). The van der Waals surface area contributed by atoms with Crippen molar-refractivity contribution in [3.05, 3.63) is 101 Å². The van der Waals surface area contributed by atoms with E-state index in [1.54, 1.807) is 29.2 Å². The lowest BCUT2D eigenvalue weighted by Crippen LogP contribution is -2.22. The minimum atomic E-state index is -0.176. The summed E-state index contributed by atoms with van der Waals surface area (Å²) in [5.41, 5.74) is 8.70. The van der Waals surface area contributed by atoms with Gasteiger partial charge in [-0.15, -0.1) is 0 Å². The van der Waals surface area contributed by atoms with E-state index in [0.29, 0.717) is 24.2 Å². The number of nitrogen functional groups attached to an aromatic ring is 1. The van der Waals surface area contributed by atoms with Gasteiger partial charge in [-0.2, -0.15) is 5.10 Å². The van der Waals surface area contributed by atoms with Crippen LogP contribution < -0.4 is 11.1 Å². The highest BCUT2D eigenvalue weighted by Crippen LogP contribution is 2.16. The standard InChI is InChI=1S/C23H21N5O/c24-22(25)19-9-5-16(6-10-19)12-26-23(29)21-13-27-28(15-21)14-17-7-8-18-3-1-2-4-20(18)11-17/h1-11,13,15H,12,14H2,(H3,24,25)(H,26,29). The first-order chi connectivity index (χ1) is 14.1. The molecular weight excluding hydrogens is 362 g/mol. The molecule has 0 spiro atoms. The quantitative estimate of drug-likeness (QED) is 0.352. The van der Waals surface area contributed by atoms with E-state index in [9.17, 15) is 4.79 Å². The SMILES string of the molecule is N=C(N)c1ccc(CNC(=O)c2cnn(Cc3ccc4ccccc4c3)c2)cc1. The van der Waals surface area contributed by atoms with E-state index in [1.807, 2.05) is 24.3 Å². The molecule has 0 saturated heterocycles. The van der Waals surface area contributed by atoms with Gasteiger partial charge < -0.3 is 11.1 Å². The lowest BCUT2D eigenvalue weighted by molar-refractivity contribution is 0.0951. The number of nitrogens with zero attached hydrogens (tertiary/aromatic N) is 2. The average molecular weight is 383 g/mol. The fraction of sp³-hybridized carbons (Fsp3) is 0.0870. The summed E-state index contributed by atoms with van der Waals surface area (Å²) in [5.74, 6) is -0.148. The maximum absolute atomic E-state index is 12.4. The molecule has 1 heterocycles. The summed E-state index contributed by atoms with van der Waals surface area (Å²) >= 11 is 0. The molecule has 144 valence electrons. The number of hydrogen-bond acceptors (Lipinski definition) is 3. The minimum absolute atomic E-state index is 0.0272. The van der Waals surface area contributed by atoms with Gasteiger partial charge in [0.1, 0.15) is 5.84 Å². The van der Waals surface area contributed by atoms with Gasteiger partial charge in [-0.1, -0.05) is 60.7 Å². The molecule has 0 saturated carbocycles. The molecule has 6 nitrogen and oxygen atoms in total. The van der Waals surface area contributed by atoms with Gasteiger partial charge in [-0.3, -0.25) is 14.9 Å². The summed E-state index contributed by atoms with van der Waals surface area (Å²) < 4.78 is 1.76. The third-order valence-electron chi connectivity index (χ3n) is 4.77. The van der Waals surface area contributed by atoms with Gasteiger partial charge in [0.05, 0.1) is 18.3 Å². The van der Waals surface area contributed by atoms with Gasteiger partial charge in [0.15, 0.2) is 0 Å². The molecule has 0 aliphatic heterocycles. The van der Waals surface area contributed by atoms with Crippen LogP contribution in [0.25, 0.3) is 10.8 Å². The number of nitrogens with two attached hydrogens (primary N) is 1. The summed E-state index contributed by atoms with van der Waals surface area (Å²) in [6.07, 6.45) is 3.33. The molecule has 29 heavy (non-hydrogen) atoms. The monoisotopic (exact) mass is 383 g/mol. The third-order valence-corrected chi connectivity index (χ3v) is 4.77. The van der Waals surface area contributed by atoms with Gasteiger partial charge >= 0.3 is 0 Å². The highest BCUT2D eigenvalue weighted by molar-refractivity contribution is 5.95. The predicted molar refractivity (Wildman–Crippen MR) is 114 cm³/mol. The van der Waals surface area contributed by atoms with Crippen molar-refractivity contribution in [3.8, 4) is 0 Å². The zero-order valence-corrected chi connectivity index (χ0v) is 15.8. The second-order valence-electron chi connectivity index (χ2n) is 6.90. The van der Waals surface area contributed by atoms with E-state index in [2.05, 4.69) is 40.7 Å². The summed E-state index contributed by atoms with van der Waals surface area (Å²) in [4.78, 5) is 12.4. The largest absolute Gasteiger partial charge is 0.384 e. The Morgan fingerprint density at radius 3 is 2.45 bits per heavy atom. The Kier molecular flexibility index (Phi) is 5.07. The third kappa shape index (κ3) is 4.32. The topological polar surface area (TPSA) is 96.8 Å². The van der Waals surface area contributed by atoms with Gasteiger partial charge in [0, 0.05) is 18.3 Å². The molecule has 0 fully saturated rings. The minimum Gasteiger partial charge on any atom is -0.384 e. The normalized spacial score (nSPS) is 10.8. The average Bonchev–Trinajstić information content (AvgIpc) is 3.21. The van der Waals surface area contributed by atoms with E-state index in [-0.39, 0.29) is 11.7 Å². The molecule has 1 aromatic heterocycles. The molecule has 0 bridgehead atoms. The van der Waals surface area contributed by atoms with Crippen LogP contribution in [0.1, 0.15) is 27.0 Å². The Balaban J connectivity index is 1.38. The molecule has 4 N–H and O–H groups in total. The van der Waals surface area contributed by atoms with Gasteiger partial charge in [0.25, 0.3) is 5.91 Å². The molecule has 6 heteroatoms. The van der Waals surface area contributed by atoms with Crippen LogP contribution in [0.3, 0.4) is 0 Å². The van der Waals surface area contributed by atoms with Crippen molar-refractivity contribution in [2.45, 2.75) is 13.1 Å². The second kappa shape index (κ2) is 7.98. The van der Waals surface area contributed by atoms with Crippen LogP contribution in [0.2, 0.25) is 0 Å². The van der Waals surface area contributed by atoms with Crippen LogP contribution in [-0.4, -0.2) is 21.5 Å². The summed E-state index contributed by atoms with van der Waals surface area (Å²) in [5, 5.41) is 17.0. The summed E-state index contributed by atoms with van der Waals surface area (Å²) in [6, 6.07) is 21.8. The molecule has 0 unspecified atom stereocenters. The van der Waals surface area contributed by atoms with E-state index < -0.39 is 0 Å². The number of amidine groups is 1. The van der Waals surface area contributed by atoms with Gasteiger partial charge in [-0.25, -0.2) is 0 Å². The molecule has 3 aromatic carbocycles. The molecule has 0 aliphatic rings. The molecule has 0 aliphatic carbocycles. The Hall–Kier alpha value is -3.93. The van der Waals surface area contributed by atoms with E-state index in [0.717, 1.165) is 11.1 Å². The first-order valence-electron chi connectivity index (χ1n) is 9.30. The van der Waals surface area contributed by atoms with Crippen molar-refractivity contribution in [2.75, 3.05) is 0 Å². The van der Waals surface area contributed by atoms with Crippen molar-refractivity contribution in [1.29, 1.82) is 5.41 Å². The summed E-state index contributed by atoms with van der Waals surface area (Å²) in [6.45, 7) is 0.998. The summed E-state index contributed by atoms with van der Waals surface area (Å²) in [7, 11) is 0. The lowest BCUT2D eigenvalue weighted by Gasteiger charge is -2.05. The predicted octanol–water partition coefficient (Wildman–Crippen LogP) is 3.30. The van der Waals surface area contributed by atoms with Crippen molar-refractivity contribution in [1.82, 2.24) is 15.1 Å². The van der Waals surface area contributed by atoms with E-state index in [4.69, 9.17) is 11.1 Å². The number of amides is 1. The molecule has 4 aromatic rings. The van der Waals surface area contributed by atoms with Crippen LogP contribution in [0, 0.1) is 5.41 Å². The Morgan fingerprint density at radius 2 is 1.69 bits per heavy atom. The van der Waals surface area contributed by atoms with E-state index in [1.165, 1.54) is 10.8 Å². The first-order valence-corrected chi connectivity index (χ1v) is 9.30. The second-order valence-corrected chi connectivity index (χ2v) is 6.90. The van der Waals surface area contributed by atoms with Crippen LogP contribution >= 0.6 is 0 Å². The zero-order chi connectivity index (χ0) is 20.2. The molecule has 0 atom stereocenters. The highest BCUT2D eigenvalue weighted by Gasteiger charge is 2.09. The smallest absolute Gasteiger partial charge is 0.254 e. The fourth-order valence-corrected chi connectivity index (χ4v) is 3.18. The number of fused-ring (bicyclic) bond motifs is 1. The van der Waals surface area contributed by atoms with Crippen molar-refractivity contribution in [2.24, 2.45) is 5.73 Å². The maximum Gasteiger partial charge on any atom is 0.254 e. The Bertz CT molecular complexity index is 1180. The number of carbonyl (C=O) groups excluding carboxylic acids is 1. The fourth-order valence-electron chi connectivity index (χ4n) is 3.18. The van der Waals surface area contributed by atoms with Crippen LogP contribution in [0.4, 0.5) is 0 Å². The van der Waals surface area contributed by atoms with Crippen LogP contribution in [0.15, 0.2) is 79.1 Å². The highest BCUT2D eigenvalue weighted by atomic mass is 16.1. The number of nitrogens with one attached hydrogen (secondary N) is 2. The number of rotatable bonds is 6. The Labute approximate surface area is 168 Å². The number of carbonyl (C=O) groups is 1. The molecule has 1 amide bonds. The van der Waals surface area contributed by atoms with Crippen molar-refractivity contribution in [3.63, 3.8) is 0 Å². The molecular formula is C23H21N5O. The lowest BCUT2D eigenvalue weighted by atomic mass is 10.1. The number of hydrogen-bond donors (Lipinski definition) is 3. The van der Waals surface area contributed by atoms with Crippen LogP contribution in [-0.2, 0) is 13.1 Å². The number of aromatic nitrogens is 2. The van der Waals surface area contributed by atoms with Crippen LogP contribution in [0.5, 0.6) is 0 Å². The van der Waals surface area contributed by atoms with Gasteiger partial charge in [0.2, 0.25) is 0 Å². The van der Waals surface area contributed by atoms with Gasteiger partial charge in [-0.05, 0) is 28.0 Å². The Morgan fingerprint density at radius 1 is 0.966 bits per heavy atom. The number of benzene rings is 3. The maximum atomic E-state index is 12.4. The zero-order valence-electron chi connectivity index (χ0n) is 15.8. The first kappa shape index (κ1) is 18.4. The van der Waals surface area contributed by atoms with Crippen molar-refractivity contribution < 1.29 is 4.79 Å². The van der Waals surface area contributed by atoms with Crippen molar-refractivity contribution >= 4 is 22.5 Å². The molecule has 0 radical (unpaired) electrons.